The lowest BCUT2D eigenvalue weighted by Crippen LogP contribution is -2.49. The van der Waals surface area contributed by atoms with Gasteiger partial charge in [-0.25, -0.2) is 0 Å². The molecule has 156 valence electrons. The summed E-state index contributed by atoms with van der Waals surface area (Å²) in [5, 5.41) is 3.92. The molecule has 0 aliphatic carbocycles. The minimum absolute atomic E-state index is 0.199. The van der Waals surface area contributed by atoms with Gasteiger partial charge in [-0.2, -0.15) is 0 Å². The average Bonchev–Trinajstić information content (AvgIpc) is 2.70. The molecule has 0 aliphatic rings. The molecular weight excluding hydrogens is 479 g/mol. The van der Waals surface area contributed by atoms with Crippen molar-refractivity contribution >= 4 is 50.9 Å². The molecule has 2 aromatic carbocycles. The summed E-state index contributed by atoms with van der Waals surface area (Å²) >= 11 is 15.6. The molecule has 1 atom stereocenters. The van der Waals surface area contributed by atoms with Gasteiger partial charge in [0.15, 0.2) is 6.61 Å². The maximum atomic E-state index is 13.0. The minimum atomic E-state index is -0.678. The molecule has 1 N–H and O–H groups in total. The molecule has 0 heterocycles. The third-order valence-corrected chi connectivity index (χ3v) is 5.48. The van der Waals surface area contributed by atoms with E-state index in [0.29, 0.717) is 26.8 Å². The first-order chi connectivity index (χ1) is 13.8. The second-order valence-electron chi connectivity index (χ2n) is 6.44. The third kappa shape index (κ3) is 6.91. The number of carbonyl (C=O) groups excluding carboxylic acids is 2. The summed E-state index contributed by atoms with van der Waals surface area (Å²) in [5.41, 5.74) is 0.755. The standard InChI is InChI=1S/C21H23BrCl2N2O3/c1-3-10-25-21(28)14(2)26(12-15-6-4-5-7-18(15)24)20(27)13-29-19-9-8-16(23)11-17(19)22/h4-9,11,14H,3,10,12-13H2,1-2H3,(H,25,28). The van der Waals surface area contributed by atoms with Gasteiger partial charge in [-0.15, -0.1) is 0 Å². The topological polar surface area (TPSA) is 58.6 Å². The molecule has 5 nitrogen and oxygen atoms in total. The van der Waals surface area contributed by atoms with E-state index in [1.807, 2.05) is 25.1 Å². The van der Waals surface area contributed by atoms with Gasteiger partial charge in [-0.3, -0.25) is 9.59 Å². The highest BCUT2D eigenvalue weighted by Gasteiger charge is 2.27. The van der Waals surface area contributed by atoms with Gasteiger partial charge in [0.2, 0.25) is 5.91 Å². The van der Waals surface area contributed by atoms with Crippen LogP contribution in [0, 0.1) is 0 Å². The monoisotopic (exact) mass is 500 g/mol. The second kappa shape index (κ2) is 11.4. The van der Waals surface area contributed by atoms with E-state index in [2.05, 4.69) is 21.2 Å². The maximum Gasteiger partial charge on any atom is 0.261 e. The van der Waals surface area contributed by atoms with Crippen molar-refractivity contribution in [1.82, 2.24) is 10.2 Å². The molecule has 0 aromatic heterocycles. The summed E-state index contributed by atoms with van der Waals surface area (Å²) in [6.07, 6.45) is 0.810. The Bertz CT molecular complexity index is 864. The van der Waals surface area contributed by atoms with E-state index in [-0.39, 0.29) is 25.0 Å². The van der Waals surface area contributed by atoms with E-state index in [1.165, 1.54) is 4.90 Å². The van der Waals surface area contributed by atoms with Gasteiger partial charge in [0.25, 0.3) is 5.91 Å². The number of carbonyl (C=O) groups is 2. The zero-order valence-electron chi connectivity index (χ0n) is 16.3. The van der Waals surface area contributed by atoms with Crippen LogP contribution >= 0.6 is 39.1 Å². The zero-order chi connectivity index (χ0) is 21.4. The number of halogens is 3. The Kier molecular flexibility index (Phi) is 9.27. The highest BCUT2D eigenvalue weighted by molar-refractivity contribution is 9.10. The summed E-state index contributed by atoms with van der Waals surface area (Å²) in [7, 11) is 0. The maximum absolute atomic E-state index is 13.0. The average molecular weight is 502 g/mol. The Morgan fingerprint density at radius 2 is 1.93 bits per heavy atom. The molecular formula is C21H23BrCl2N2O3. The fraction of sp³-hybridized carbons (Fsp3) is 0.333. The number of nitrogens with zero attached hydrogens (tertiary/aromatic N) is 1. The van der Waals surface area contributed by atoms with Gasteiger partial charge in [0, 0.05) is 23.1 Å². The summed E-state index contributed by atoms with van der Waals surface area (Å²) in [5.74, 6) is -0.0608. The Labute approximate surface area is 189 Å². The molecule has 2 rings (SSSR count). The smallest absolute Gasteiger partial charge is 0.261 e. The molecule has 8 heteroatoms. The molecule has 2 amide bonds. The van der Waals surface area contributed by atoms with Crippen LogP contribution in [-0.4, -0.2) is 35.9 Å². The molecule has 0 aliphatic heterocycles. The molecule has 0 saturated carbocycles. The molecule has 0 radical (unpaired) electrons. The Hall–Kier alpha value is -1.76. The molecule has 2 aromatic rings. The van der Waals surface area contributed by atoms with E-state index in [1.54, 1.807) is 31.2 Å². The predicted molar refractivity (Wildman–Crippen MR) is 119 cm³/mol. The van der Waals surface area contributed by atoms with Gasteiger partial charge >= 0.3 is 0 Å². The number of hydrogen-bond acceptors (Lipinski definition) is 3. The normalized spacial score (nSPS) is 11.6. The summed E-state index contributed by atoms with van der Waals surface area (Å²) in [6, 6.07) is 11.6. The zero-order valence-corrected chi connectivity index (χ0v) is 19.4. The fourth-order valence-corrected chi connectivity index (χ4v) is 3.60. The van der Waals surface area contributed by atoms with Crippen LogP contribution in [0.3, 0.4) is 0 Å². The first kappa shape index (κ1) is 23.5. The van der Waals surface area contributed by atoms with E-state index in [9.17, 15) is 9.59 Å². The van der Waals surface area contributed by atoms with Crippen LogP contribution in [0.4, 0.5) is 0 Å². The van der Waals surface area contributed by atoms with Gasteiger partial charge in [0.05, 0.1) is 4.47 Å². The number of amides is 2. The number of rotatable bonds is 9. The number of hydrogen-bond donors (Lipinski definition) is 1. The van der Waals surface area contributed by atoms with Gasteiger partial charge in [0.1, 0.15) is 11.8 Å². The van der Waals surface area contributed by atoms with Gasteiger partial charge in [-0.05, 0) is 59.1 Å². The van der Waals surface area contributed by atoms with Crippen LogP contribution in [0.1, 0.15) is 25.8 Å². The summed E-state index contributed by atoms with van der Waals surface area (Å²) in [6.45, 7) is 4.18. The van der Waals surface area contributed by atoms with E-state index in [0.717, 1.165) is 12.0 Å². The van der Waals surface area contributed by atoms with Crippen molar-refractivity contribution in [2.24, 2.45) is 0 Å². The Morgan fingerprint density at radius 3 is 2.59 bits per heavy atom. The van der Waals surface area contributed by atoms with Crippen molar-refractivity contribution in [2.75, 3.05) is 13.2 Å². The first-order valence-corrected chi connectivity index (χ1v) is 10.8. The molecule has 0 bridgehead atoms. The second-order valence-corrected chi connectivity index (χ2v) is 8.14. The quantitative estimate of drug-likeness (QED) is 0.521. The minimum Gasteiger partial charge on any atom is -0.483 e. The Morgan fingerprint density at radius 1 is 1.21 bits per heavy atom. The highest BCUT2D eigenvalue weighted by atomic mass is 79.9. The first-order valence-electron chi connectivity index (χ1n) is 9.22. The van der Waals surface area contributed by atoms with Crippen molar-refractivity contribution in [2.45, 2.75) is 32.9 Å². The molecule has 0 saturated heterocycles. The summed E-state index contributed by atoms with van der Waals surface area (Å²) in [4.78, 5) is 26.9. The van der Waals surface area contributed by atoms with Crippen LogP contribution in [0.15, 0.2) is 46.9 Å². The van der Waals surface area contributed by atoms with Crippen molar-refractivity contribution in [1.29, 1.82) is 0 Å². The molecule has 29 heavy (non-hydrogen) atoms. The highest BCUT2D eigenvalue weighted by Crippen LogP contribution is 2.28. The number of benzene rings is 2. The van der Waals surface area contributed by atoms with Crippen LogP contribution in [0.2, 0.25) is 10.0 Å². The largest absolute Gasteiger partial charge is 0.483 e. The van der Waals surface area contributed by atoms with E-state index < -0.39 is 6.04 Å². The van der Waals surface area contributed by atoms with Gasteiger partial charge in [-0.1, -0.05) is 48.3 Å². The van der Waals surface area contributed by atoms with Crippen LogP contribution < -0.4 is 10.1 Å². The van der Waals surface area contributed by atoms with Crippen molar-refractivity contribution in [3.05, 3.63) is 62.5 Å². The lowest BCUT2D eigenvalue weighted by Gasteiger charge is -2.29. The predicted octanol–water partition coefficient (Wildman–Crippen LogP) is 5.08. The molecule has 1 unspecified atom stereocenters. The van der Waals surface area contributed by atoms with E-state index in [4.69, 9.17) is 27.9 Å². The van der Waals surface area contributed by atoms with Crippen molar-refractivity contribution in [3.63, 3.8) is 0 Å². The lowest BCUT2D eigenvalue weighted by molar-refractivity contribution is -0.142. The molecule has 0 spiro atoms. The van der Waals surface area contributed by atoms with E-state index >= 15 is 0 Å². The van der Waals surface area contributed by atoms with Crippen molar-refractivity contribution < 1.29 is 14.3 Å². The summed E-state index contributed by atoms with van der Waals surface area (Å²) < 4.78 is 6.29. The van der Waals surface area contributed by atoms with Crippen LogP contribution in [0.5, 0.6) is 5.75 Å². The fourth-order valence-electron chi connectivity index (χ4n) is 2.60. The van der Waals surface area contributed by atoms with Crippen molar-refractivity contribution in [3.8, 4) is 5.75 Å². The van der Waals surface area contributed by atoms with Gasteiger partial charge < -0.3 is 15.0 Å². The SMILES string of the molecule is CCCNC(=O)C(C)N(Cc1ccccc1Cl)C(=O)COc1ccc(Cl)cc1Br. The van der Waals surface area contributed by atoms with Crippen LogP contribution in [0.25, 0.3) is 0 Å². The lowest BCUT2D eigenvalue weighted by atomic mass is 10.1. The number of nitrogens with one attached hydrogen (secondary N) is 1. The number of ether oxygens (including phenoxy) is 1. The Balaban J connectivity index is 2.17. The van der Waals surface area contributed by atoms with Crippen LogP contribution in [-0.2, 0) is 16.1 Å². The molecule has 0 fully saturated rings. The third-order valence-electron chi connectivity index (χ3n) is 4.26.